The topological polar surface area (TPSA) is 25.8 Å². The van der Waals surface area contributed by atoms with Gasteiger partial charge < -0.3 is 0 Å². The highest BCUT2D eigenvalue weighted by atomic mass is 19.4. The number of halogens is 4. The van der Waals surface area contributed by atoms with Crippen LogP contribution in [-0.2, 0) is 6.42 Å². The number of aromatic nitrogens is 2. The van der Waals surface area contributed by atoms with Crippen molar-refractivity contribution in [2.24, 2.45) is 0 Å². The highest BCUT2D eigenvalue weighted by Gasteiger charge is 2.22. The van der Waals surface area contributed by atoms with Crippen LogP contribution in [0.4, 0.5) is 17.6 Å². The maximum Gasteiger partial charge on any atom is 0.409 e. The van der Waals surface area contributed by atoms with E-state index in [0.29, 0.717) is 17.5 Å². The Labute approximate surface area is 125 Å². The van der Waals surface area contributed by atoms with Gasteiger partial charge in [-0.25, -0.2) is 14.4 Å². The Balaban J connectivity index is 2.23. The Bertz CT molecular complexity index is 661. The molecular weight excluding hydrogens is 296 g/mol. The SMILES string of the molecule is CCCc1cnc(-c2ccc(/C=C/C(F)(F)F)c(F)c2)nc1. The van der Waals surface area contributed by atoms with Gasteiger partial charge in [0.25, 0.3) is 0 Å². The fourth-order valence-electron chi connectivity index (χ4n) is 1.91. The third-order valence-electron chi connectivity index (χ3n) is 2.95. The van der Waals surface area contributed by atoms with E-state index in [0.717, 1.165) is 24.5 Å². The first-order valence-corrected chi connectivity index (χ1v) is 6.76. The van der Waals surface area contributed by atoms with Crippen molar-refractivity contribution < 1.29 is 17.6 Å². The summed E-state index contributed by atoms with van der Waals surface area (Å²) in [4.78, 5) is 8.30. The first-order chi connectivity index (χ1) is 10.4. The highest BCUT2D eigenvalue weighted by molar-refractivity contribution is 5.60. The van der Waals surface area contributed by atoms with Gasteiger partial charge in [-0.15, -0.1) is 0 Å². The van der Waals surface area contributed by atoms with E-state index in [4.69, 9.17) is 0 Å². The predicted octanol–water partition coefficient (Wildman–Crippen LogP) is 4.81. The fraction of sp³-hybridized carbons (Fsp3) is 0.250. The normalized spacial score (nSPS) is 12.0. The molecule has 0 bridgehead atoms. The first kappa shape index (κ1) is 16.1. The Morgan fingerprint density at radius 2 is 1.82 bits per heavy atom. The summed E-state index contributed by atoms with van der Waals surface area (Å²) < 4.78 is 50.1. The molecule has 0 unspecified atom stereocenters. The number of alkyl halides is 3. The summed E-state index contributed by atoms with van der Waals surface area (Å²) in [5, 5.41) is 0. The highest BCUT2D eigenvalue weighted by Crippen LogP contribution is 2.22. The Kier molecular flexibility index (Phi) is 4.90. The van der Waals surface area contributed by atoms with Crippen LogP contribution < -0.4 is 0 Å². The monoisotopic (exact) mass is 310 g/mol. The average Bonchev–Trinajstić information content (AvgIpc) is 2.46. The van der Waals surface area contributed by atoms with Gasteiger partial charge in [0.05, 0.1) is 0 Å². The van der Waals surface area contributed by atoms with E-state index >= 15 is 0 Å². The third kappa shape index (κ3) is 4.38. The molecule has 2 aromatic rings. The first-order valence-electron chi connectivity index (χ1n) is 6.76. The van der Waals surface area contributed by atoms with Gasteiger partial charge in [0.15, 0.2) is 5.82 Å². The quantitative estimate of drug-likeness (QED) is 0.757. The molecule has 0 amide bonds. The van der Waals surface area contributed by atoms with Gasteiger partial charge in [-0.1, -0.05) is 25.5 Å². The molecule has 1 aromatic heterocycles. The van der Waals surface area contributed by atoms with Crippen molar-refractivity contribution >= 4 is 6.08 Å². The molecule has 2 rings (SSSR count). The summed E-state index contributed by atoms with van der Waals surface area (Å²) in [6, 6.07) is 3.90. The van der Waals surface area contributed by atoms with Crippen molar-refractivity contribution in [3.63, 3.8) is 0 Å². The lowest BCUT2D eigenvalue weighted by Gasteiger charge is -2.04. The van der Waals surface area contributed by atoms with Gasteiger partial charge in [-0.2, -0.15) is 13.2 Å². The minimum absolute atomic E-state index is 0.00112. The van der Waals surface area contributed by atoms with E-state index in [1.54, 1.807) is 12.4 Å². The van der Waals surface area contributed by atoms with Crippen LogP contribution in [0.2, 0.25) is 0 Å². The third-order valence-corrected chi connectivity index (χ3v) is 2.95. The fourth-order valence-corrected chi connectivity index (χ4v) is 1.91. The predicted molar refractivity (Wildman–Crippen MR) is 76.5 cm³/mol. The smallest absolute Gasteiger partial charge is 0.236 e. The summed E-state index contributed by atoms with van der Waals surface area (Å²) in [6.07, 6.45) is 1.39. The lowest BCUT2D eigenvalue weighted by Crippen LogP contribution is -2.00. The van der Waals surface area contributed by atoms with Crippen molar-refractivity contribution in [1.29, 1.82) is 0 Å². The Morgan fingerprint density at radius 3 is 2.36 bits per heavy atom. The summed E-state index contributed by atoms with van der Waals surface area (Å²) >= 11 is 0. The molecule has 0 aliphatic carbocycles. The zero-order chi connectivity index (χ0) is 16.2. The molecule has 0 radical (unpaired) electrons. The molecule has 0 fully saturated rings. The number of hydrogen-bond donors (Lipinski definition) is 0. The van der Waals surface area contributed by atoms with Crippen LogP contribution in [0.25, 0.3) is 17.5 Å². The number of rotatable bonds is 4. The van der Waals surface area contributed by atoms with E-state index in [1.165, 1.54) is 12.1 Å². The van der Waals surface area contributed by atoms with Gasteiger partial charge in [0, 0.05) is 29.6 Å². The van der Waals surface area contributed by atoms with Crippen LogP contribution in [0.15, 0.2) is 36.7 Å². The van der Waals surface area contributed by atoms with Crippen LogP contribution in [0.5, 0.6) is 0 Å². The van der Waals surface area contributed by atoms with Crippen LogP contribution >= 0.6 is 0 Å². The zero-order valence-corrected chi connectivity index (χ0v) is 11.9. The van der Waals surface area contributed by atoms with E-state index in [2.05, 4.69) is 9.97 Å². The molecule has 0 saturated carbocycles. The number of hydrogen-bond acceptors (Lipinski definition) is 2. The van der Waals surface area contributed by atoms with E-state index in [-0.39, 0.29) is 11.6 Å². The average molecular weight is 310 g/mol. The van der Waals surface area contributed by atoms with Crippen LogP contribution in [0, 0.1) is 5.82 Å². The van der Waals surface area contributed by atoms with Crippen molar-refractivity contribution in [2.45, 2.75) is 25.9 Å². The molecule has 1 heterocycles. The lowest BCUT2D eigenvalue weighted by atomic mass is 10.1. The summed E-state index contributed by atoms with van der Waals surface area (Å²) in [5.41, 5.74) is 1.27. The largest absolute Gasteiger partial charge is 0.409 e. The Hall–Kier alpha value is -2.24. The van der Waals surface area contributed by atoms with Crippen molar-refractivity contribution in [3.05, 3.63) is 53.6 Å². The molecular formula is C16H14F4N2. The summed E-state index contributed by atoms with van der Waals surface area (Å²) in [6.45, 7) is 2.04. The van der Waals surface area contributed by atoms with E-state index < -0.39 is 12.0 Å². The number of nitrogens with zero attached hydrogens (tertiary/aromatic N) is 2. The van der Waals surface area contributed by atoms with Crippen molar-refractivity contribution in [3.8, 4) is 11.4 Å². The molecule has 0 atom stereocenters. The Morgan fingerprint density at radius 1 is 1.14 bits per heavy atom. The summed E-state index contributed by atoms with van der Waals surface area (Å²) in [7, 11) is 0. The second kappa shape index (κ2) is 6.68. The van der Waals surface area contributed by atoms with Crippen molar-refractivity contribution in [1.82, 2.24) is 9.97 Å². The molecule has 0 saturated heterocycles. The minimum atomic E-state index is -4.47. The molecule has 116 valence electrons. The molecule has 6 heteroatoms. The maximum atomic E-state index is 13.8. The number of allylic oxidation sites excluding steroid dienone is 1. The van der Waals surface area contributed by atoms with E-state index in [9.17, 15) is 17.6 Å². The van der Waals surface area contributed by atoms with Gasteiger partial charge in [-0.05, 0) is 24.1 Å². The van der Waals surface area contributed by atoms with Crippen molar-refractivity contribution in [2.75, 3.05) is 0 Å². The van der Waals surface area contributed by atoms with Gasteiger partial charge in [-0.3, -0.25) is 0 Å². The van der Waals surface area contributed by atoms with Crippen LogP contribution in [-0.4, -0.2) is 16.1 Å². The molecule has 0 aliphatic heterocycles. The molecule has 0 aliphatic rings. The second-order valence-electron chi connectivity index (χ2n) is 4.78. The standard InChI is InChI=1S/C16H14F4N2/c1-2-3-11-9-21-15(22-10-11)13-5-4-12(14(17)8-13)6-7-16(18,19)20/h4-10H,2-3H2,1H3/b7-6+. The van der Waals surface area contributed by atoms with E-state index in [1.807, 2.05) is 6.92 Å². The lowest BCUT2D eigenvalue weighted by molar-refractivity contribution is -0.0790. The van der Waals surface area contributed by atoms with Crippen LogP contribution in [0.1, 0.15) is 24.5 Å². The molecule has 0 N–H and O–H groups in total. The van der Waals surface area contributed by atoms with Crippen LogP contribution in [0.3, 0.4) is 0 Å². The molecule has 1 aromatic carbocycles. The summed E-state index contributed by atoms with van der Waals surface area (Å²) in [5.74, 6) is -0.413. The molecule has 22 heavy (non-hydrogen) atoms. The number of aryl methyl sites for hydroxylation is 1. The number of benzene rings is 1. The molecule has 2 nitrogen and oxygen atoms in total. The minimum Gasteiger partial charge on any atom is -0.236 e. The van der Waals surface area contributed by atoms with Gasteiger partial charge in [0.2, 0.25) is 0 Å². The maximum absolute atomic E-state index is 13.8. The van der Waals surface area contributed by atoms with Gasteiger partial charge >= 0.3 is 6.18 Å². The second-order valence-corrected chi connectivity index (χ2v) is 4.78. The zero-order valence-electron chi connectivity index (χ0n) is 11.9. The van der Waals surface area contributed by atoms with Gasteiger partial charge in [0.1, 0.15) is 5.82 Å². The molecule has 0 spiro atoms.